The summed E-state index contributed by atoms with van der Waals surface area (Å²) >= 11 is 3.36. The van der Waals surface area contributed by atoms with Crippen molar-refractivity contribution >= 4 is 21.8 Å². The number of aromatic nitrogens is 2. The molecule has 0 aliphatic rings. The maximum atomic E-state index is 11.6. The monoisotopic (exact) mass is 273 g/mol. The molecule has 1 amide bonds. The van der Waals surface area contributed by atoms with Crippen LogP contribution >= 0.6 is 15.9 Å². The van der Waals surface area contributed by atoms with Crippen molar-refractivity contribution in [3.63, 3.8) is 0 Å². The summed E-state index contributed by atoms with van der Waals surface area (Å²) in [5, 5.41) is 3.88. The van der Waals surface area contributed by atoms with Crippen molar-refractivity contribution in [2.75, 3.05) is 5.33 Å². The van der Waals surface area contributed by atoms with Crippen LogP contribution in [0.3, 0.4) is 0 Å². The lowest BCUT2D eigenvalue weighted by Crippen LogP contribution is -2.32. The summed E-state index contributed by atoms with van der Waals surface area (Å²) in [5.41, 5.74) is 0.475. The van der Waals surface area contributed by atoms with E-state index in [0.717, 1.165) is 18.2 Å². The molecule has 0 saturated carbocycles. The number of hydrogen-bond donors (Lipinski definition) is 1. The Morgan fingerprint density at radius 1 is 1.73 bits per heavy atom. The number of hydrogen-bond acceptors (Lipinski definition) is 2. The van der Waals surface area contributed by atoms with Crippen molar-refractivity contribution in [2.24, 2.45) is 7.05 Å². The molecule has 4 nitrogen and oxygen atoms in total. The second-order valence-electron chi connectivity index (χ2n) is 3.63. The topological polar surface area (TPSA) is 46.9 Å². The largest absolute Gasteiger partial charge is 0.348 e. The van der Waals surface area contributed by atoms with E-state index in [9.17, 15) is 4.79 Å². The van der Waals surface area contributed by atoms with Gasteiger partial charge in [-0.1, -0.05) is 15.9 Å². The van der Waals surface area contributed by atoms with E-state index in [-0.39, 0.29) is 11.9 Å². The van der Waals surface area contributed by atoms with Crippen LogP contribution in [0.25, 0.3) is 0 Å². The SMILES string of the molecule is CC(CCCBr)NC(=O)c1cn(C)cn1. The van der Waals surface area contributed by atoms with Crippen LogP contribution in [-0.2, 0) is 7.05 Å². The van der Waals surface area contributed by atoms with Crippen molar-refractivity contribution in [1.29, 1.82) is 0 Å². The van der Waals surface area contributed by atoms with Gasteiger partial charge in [0.15, 0.2) is 0 Å². The zero-order valence-corrected chi connectivity index (χ0v) is 10.6. The predicted octanol–water partition coefficient (Wildman–Crippen LogP) is 1.71. The van der Waals surface area contributed by atoms with Gasteiger partial charge in [-0.15, -0.1) is 0 Å². The van der Waals surface area contributed by atoms with Crippen LogP contribution in [0.5, 0.6) is 0 Å². The Morgan fingerprint density at radius 3 is 3.00 bits per heavy atom. The third kappa shape index (κ3) is 4.03. The zero-order chi connectivity index (χ0) is 11.3. The number of aryl methyl sites for hydroxylation is 1. The summed E-state index contributed by atoms with van der Waals surface area (Å²) in [7, 11) is 1.85. The fourth-order valence-electron chi connectivity index (χ4n) is 1.28. The van der Waals surface area contributed by atoms with Gasteiger partial charge in [0, 0.05) is 24.6 Å². The molecule has 1 heterocycles. The third-order valence-electron chi connectivity index (χ3n) is 2.09. The molecular weight excluding hydrogens is 258 g/mol. The maximum Gasteiger partial charge on any atom is 0.271 e. The van der Waals surface area contributed by atoms with E-state index in [2.05, 4.69) is 26.2 Å². The molecule has 0 aromatic carbocycles. The highest BCUT2D eigenvalue weighted by molar-refractivity contribution is 9.09. The second-order valence-corrected chi connectivity index (χ2v) is 4.42. The Bertz CT molecular complexity index is 324. The maximum absolute atomic E-state index is 11.6. The van der Waals surface area contributed by atoms with Crippen molar-refractivity contribution in [1.82, 2.24) is 14.9 Å². The molecule has 0 saturated heterocycles. The van der Waals surface area contributed by atoms with Crippen molar-refractivity contribution < 1.29 is 4.79 Å². The van der Waals surface area contributed by atoms with E-state index < -0.39 is 0 Å². The number of imidazole rings is 1. The van der Waals surface area contributed by atoms with Gasteiger partial charge in [-0.2, -0.15) is 0 Å². The molecule has 1 N–H and O–H groups in total. The van der Waals surface area contributed by atoms with Gasteiger partial charge in [0.25, 0.3) is 5.91 Å². The minimum Gasteiger partial charge on any atom is -0.348 e. The van der Waals surface area contributed by atoms with Crippen molar-refractivity contribution in [3.8, 4) is 0 Å². The number of halogens is 1. The average Bonchev–Trinajstić information content (AvgIpc) is 2.61. The van der Waals surface area contributed by atoms with Crippen LogP contribution in [0.2, 0.25) is 0 Å². The van der Waals surface area contributed by atoms with Crippen molar-refractivity contribution in [3.05, 3.63) is 18.2 Å². The molecule has 0 fully saturated rings. The van der Waals surface area contributed by atoms with Gasteiger partial charge in [0.1, 0.15) is 5.69 Å². The number of nitrogens with zero attached hydrogens (tertiary/aromatic N) is 2. The summed E-state index contributed by atoms with van der Waals surface area (Å²) < 4.78 is 1.76. The van der Waals surface area contributed by atoms with Crippen LogP contribution in [0, 0.1) is 0 Å². The molecule has 5 heteroatoms. The van der Waals surface area contributed by atoms with Crippen LogP contribution in [0.15, 0.2) is 12.5 Å². The van der Waals surface area contributed by atoms with Gasteiger partial charge in [0.05, 0.1) is 6.33 Å². The first kappa shape index (κ1) is 12.2. The number of carbonyl (C=O) groups is 1. The minimum atomic E-state index is -0.0994. The number of nitrogens with one attached hydrogen (secondary N) is 1. The number of amides is 1. The Labute approximate surface area is 98.2 Å². The van der Waals surface area contributed by atoms with Crippen LogP contribution in [0.4, 0.5) is 0 Å². The first-order chi connectivity index (χ1) is 7.13. The Balaban J connectivity index is 2.42. The third-order valence-corrected chi connectivity index (χ3v) is 2.65. The number of alkyl halides is 1. The Morgan fingerprint density at radius 2 is 2.47 bits per heavy atom. The molecule has 1 unspecified atom stereocenters. The first-order valence-corrected chi connectivity index (χ1v) is 6.10. The van der Waals surface area contributed by atoms with Gasteiger partial charge >= 0.3 is 0 Å². The molecule has 0 spiro atoms. The fraction of sp³-hybridized carbons (Fsp3) is 0.600. The van der Waals surface area contributed by atoms with E-state index in [0.29, 0.717) is 5.69 Å². The van der Waals surface area contributed by atoms with E-state index in [4.69, 9.17) is 0 Å². The van der Waals surface area contributed by atoms with Crippen LogP contribution in [0.1, 0.15) is 30.3 Å². The fourth-order valence-corrected chi connectivity index (χ4v) is 1.61. The predicted molar refractivity (Wildman–Crippen MR) is 63.2 cm³/mol. The van der Waals surface area contributed by atoms with Gasteiger partial charge in [0.2, 0.25) is 0 Å². The lowest BCUT2D eigenvalue weighted by molar-refractivity contribution is 0.0933. The number of rotatable bonds is 5. The average molecular weight is 274 g/mol. The molecular formula is C10H16BrN3O. The van der Waals surface area contributed by atoms with E-state index in [1.54, 1.807) is 17.1 Å². The van der Waals surface area contributed by atoms with Crippen LogP contribution in [-0.4, -0.2) is 26.8 Å². The highest BCUT2D eigenvalue weighted by atomic mass is 79.9. The molecule has 0 aliphatic heterocycles. The minimum absolute atomic E-state index is 0.0994. The molecule has 1 rings (SSSR count). The molecule has 84 valence electrons. The molecule has 15 heavy (non-hydrogen) atoms. The first-order valence-electron chi connectivity index (χ1n) is 4.98. The van der Waals surface area contributed by atoms with E-state index in [1.165, 1.54) is 0 Å². The standard InChI is InChI=1S/C10H16BrN3O/c1-8(4-3-5-11)13-10(15)9-6-14(2)7-12-9/h6-8H,3-5H2,1-2H3,(H,13,15). The summed E-state index contributed by atoms with van der Waals surface area (Å²) in [5.74, 6) is -0.0994. The van der Waals surface area contributed by atoms with Gasteiger partial charge < -0.3 is 9.88 Å². The molecule has 0 bridgehead atoms. The smallest absolute Gasteiger partial charge is 0.271 e. The summed E-state index contributed by atoms with van der Waals surface area (Å²) in [4.78, 5) is 15.6. The van der Waals surface area contributed by atoms with Gasteiger partial charge in [-0.25, -0.2) is 4.98 Å². The molecule has 1 aromatic heterocycles. The number of carbonyl (C=O) groups excluding carboxylic acids is 1. The van der Waals surface area contributed by atoms with Crippen molar-refractivity contribution in [2.45, 2.75) is 25.8 Å². The Hall–Kier alpha value is -0.840. The quantitative estimate of drug-likeness (QED) is 0.831. The molecule has 0 aliphatic carbocycles. The van der Waals surface area contributed by atoms with Gasteiger partial charge in [-0.3, -0.25) is 4.79 Å². The molecule has 1 aromatic rings. The second kappa shape index (κ2) is 5.90. The van der Waals surface area contributed by atoms with E-state index >= 15 is 0 Å². The molecule has 0 radical (unpaired) electrons. The zero-order valence-electron chi connectivity index (χ0n) is 9.03. The van der Waals surface area contributed by atoms with Crippen LogP contribution < -0.4 is 5.32 Å². The highest BCUT2D eigenvalue weighted by Crippen LogP contribution is 2.01. The molecule has 1 atom stereocenters. The Kier molecular flexibility index (Phi) is 4.81. The summed E-state index contributed by atoms with van der Waals surface area (Å²) in [6, 6.07) is 0.192. The van der Waals surface area contributed by atoms with Gasteiger partial charge in [-0.05, 0) is 19.8 Å². The lowest BCUT2D eigenvalue weighted by Gasteiger charge is -2.11. The summed E-state index contributed by atoms with van der Waals surface area (Å²) in [6.07, 6.45) is 5.37. The normalized spacial score (nSPS) is 12.5. The highest BCUT2D eigenvalue weighted by Gasteiger charge is 2.11. The summed E-state index contributed by atoms with van der Waals surface area (Å²) in [6.45, 7) is 2.00. The van der Waals surface area contributed by atoms with E-state index in [1.807, 2.05) is 14.0 Å². The lowest BCUT2D eigenvalue weighted by atomic mass is 10.2.